The van der Waals surface area contributed by atoms with Crippen LogP contribution in [-0.4, -0.2) is 61.0 Å². The van der Waals surface area contributed by atoms with E-state index in [1.54, 1.807) is 30.3 Å². The Morgan fingerprint density at radius 2 is 1.86 bits per heavy atom. The van der Waals surface area contributed by atoms with Crippen LogP contribution in [0, 0.1) is 0 Å². The molecule has 2 aromatic rings. The molecule has 12 heteroatoms. The van der Waals surface area contributed by atoms with Crippen LogP contribution in [-0.2, 0) is 9.59 Å². The van der Waals surface area contributed by atoms with Gasteiger partial charge in [0, 0.05) is 24.8 Å². The maximum absolute atomic E-state index is 13.6. The third-order valence-electron chi connectivity index (χ3n) is 6.49. The summed E-state index contributed by atoms with van der Waals surface area (Å²) in [7, 11) is 1.44. The summed E-state index contributed by atoms with van der Waals surface area (Å²) in [4.78, 5) is 52.5. The first kappa shape index (κ1) is 26.9. The third-order valence-corrected chi connectivity index (χ3v) is 7.99. The Morgan fingerprint density at radius 3 is 2.51 bits per heavy atom. The van der Waals surface area contributed by atoms with E-state index in [9.17, 15) is 19.2 Å². The van der Waals surface area contributed by atoms with Crippen LogP contribution in [0.25, 0.3) is 0 Å². The molecular weight excluding hydrogens is 564 g/mol. The van der Waals surface area contributed by atoms with E-state index in [1.807, 2.05) is 0 Å². The Hall–Kier alpha value is -3.12. The molecule has 1 aromatic heterocycles. The standard InChI is InChI=1S/C25H29BrN4O6S/c1-35-18-14-16(6-7-17(18)22(32)30-13-12-27-20(31)15-30)28-23(33)25(10-4-2-3-5-11-25)29-24(34)36-21-9-8-19(26)37-21/h6-9,14H,2-5,10-13,15H2,1H3,(H,27,31)(H,28,33)(H,29,34). The van der Waals surface area contributed by atoms with Gasteiger partial charge in [-0.2, -0.15) is 0 Å². The zero-order valence-electron chi connectivity index (χ0n) is 20.4. The van der Waals surface area contributed by atoms with Gasteiger partial charge in [0.15, 0.2) is 5.06 Å². The Labute approximate surface area is 227 Å². The number of halogens is 1. The maximum atomic E-state index is 13.6. The fraction of sp³-hybridized carbons (Fsp3) is 0.440. The normalized spacial score (nSPS) is 17.2. The van der Waals surface area contributed by atoms with Crippen molar-refractivity contribution in [3.05, 3.63) is 39.7 Å². The molecular formula is C25H29BrN4O6S. The minimum atomic E-state index is -1.13. The van der Waals surface area contributed by atoms with E-state index in [0.717, 1.165) is 29.5 Å². The van der Waals surface area contributed by atoms with Crippen LogP contribution in [0.2, 0.25) is 0 Å². The number of carbonyl (C=O) groups is 4. The highest BCUT2D eigenvalue weighted by molar-refractivity contribution is 9.11. The second-order valence-electron chi connectivity index (χ2n) is 9.02. The zero-order chi connectivity index (χ0) is 26.4. The maximum Gasteiger partial charge on any atom is 0.414 e. The molecule has 3 N–H and O–H groups in total. The topological polar surface area (TPSA) is 126 Å². The van der Waals surface area contributed by atoms with Crippen molar-refractivity contribution in [2.45, 2.75) is 44.1 Å². The molecule has 1 aromatic carbocycles. The lowest BCUT2D eigenvalue weighted by atomic mass is 9.89. The van der Waals surface area contributed by atoms with Gasteiger partial charge in [-0.1, -0.05) is 37.0 Å². The first-order valence-electron chi connectivity index (χ1n) is 12.1. The minimum absolute atomic E-state index is 0.0206. The summed E-state index contributed by atoms with van der Waals surface area (Å²) in [5, 5.41) is 8.86. The predicted octanol–water partition coefficient (Wildman–Crippen LogP) is 3.91. The molecule has 198 valence electrons. The molecule has 4 amide bonds. The summed E-state index contributed by atoms with van der Waals surface area (Å²) in [6.45, 7) is 0.772. The fourth-order valence-electron chi connectivity index (χ4n) is 4.58. The Balaban J connectivity index is 1.50. The van der Waals surface area contributed by atoms with Crippen molar-refractivity contribution in [2.75, 3.05) is 32.1 Å². The van der Waals surface area contributed by atoms with Crippen LogP contribution in [0.5, 0.6) is 10.8 Å². The highest BCUT2D eigenvalue weighted by Crippen LogP contribution is 2.32. The van der Waals surface area contributed by atoms with Gasteiger partial charge in [0.25, 0.3) is 5.91 Å². The molecule has 2 aliphatic rings. The number of carbonyl (C=O) groups excluding carboxylic acids is 4. The summed E-state index contributed by atoms with van der Waals surface area (Å²) in [5.41, 5.74) is -0.413. The van der Waals surface area contributed by atoms with Crippen molar-refractivity contribution in [2.24, 2.45) is 0 Å². The lowest BCUT2D eigenvalue weighted by molar-refractivity contribution is -0.123. The number of ether oxygens (including phenoxy) is 2. The van der Waals surface area contributed by atoms with E-state index in [2.05, 4.69) is 31.9 Å². The number of nitrogens with zero attached hydrogens (tertiary/aromatic N) is 1. The second-order valence-corrected chi connectivity index (χ2v) is 11.4. The van der Waals surface area contributed by atoms with E-state index < -0.39 is 11.6 Å². The number of hydrogen-bond acceptors (Lipinski definition) is 7. The van der Waals surface area contributed by atoms with Crippen molar-refractivity contribution in [1.29, 1.82) is 0 Å². The fourth-order valence-corrected chi connectivity index (χ4v) is 5.78. The Bertz CT molecular complexity index is 1180. The molecule has 0 bridgehead atoms. The number of anilines is 1. The zero-order valence-corrected chi connectivity index (χ0v) is 22.8. The average Bonchev–Trinajstić information content (AvgIpc) is 3.13. The van der Waals surface area contributed by atoms with Gasteiger partial charge in [0.05, 0.1) is 23.0 Å². The molecule has 4 rings (SSSR count). The average molecular weight is 594 g/mol. The summed E-state index contributed by atoms with van der Waals surface area (Å²) < 4.78 is 11.7. The van der Waals surface area contributed by atoms with E-state index in [-0.39, 0.29) is 30.0 Å². The number of thiophene rings is 1. The molecule has 1 aliphatic carbocycles. The summed E-state index contributed by atoms with van der Waals surface area (Å²) in [6.07, 6.45) is 3.80. The van der Waals surface area contributed by atoms with Crippen LogP contribution < -0.4 is 25.4 Å². The summed E-state index contributed by atoms with van der Waals surface area (Å²) in [6, 6.07) is 8.22. The molecule has 1 saturated carbocycles. The smallest absolute Gasteiger partial charge is 0.414 e. The van der Waals surface area contributed by atoms with Gasteiger partial charge in [-0.15, -0.1) is 0 Å². The molecule has 37 heavy (non-hydrogen) atoms. The van der Waals surface area contributed by atoms with Crippen LogP contribution in [0.3, 0.4) is 0 Å². The van der Waals surface area contributed by atoms with E-state index in [1.165, 1.54) is 23.3 Å². The van der Waals surface area contributed by atoms with Crippen molar-refractivity contribution in [1.82, 2.24) is 15.5 Å². The molecule has 1 saturated heterocycles. The third kappa shape index (κ3) is 6.61. The van der Waals surface area contributed by atoms with Crippen molar-refractivity contribution >= 4 is 56.8 Å². The quantitative estimate of drug-likeness (QED) is 0.437. The van der Waals surface area contributed by atoms with E-state index in [0.29, 0.717) is 42.2 Å². The second kappa shape index (κ2) is 12.0. The van der Waals surface area contributed by atoms with Gasteiger partial charge in [-0.05, 0) is 53.0 Å². The first-order valence-corrected chi connectivity index (χ1v) is 13.7. The monoisotopic (exact) mass is 592 g/mol. The van der Waals surface area contributed by atoms with Crippen molar-refractivity contribution in [3.63, 3.8) is 0 Å². The number of nitrogens with one attached hydrogen (secondary N) is 3. The van der Waals surface area contributed by atoms with Gasteiger partial charge in [-0.25, -0.2) is 4.79 Å². The van der Waals surface area contributed by atoms with Crippen LogP contribution in [0.4, 0.5) is 10.5 Å². The Morgan fingerprint density at radius 1 is 1.11 bits per heavy atom. The molecule has 0 spiro atoms. The van der Waals surface area contributed by atoms with Gasteiger partial charge in [-0.3, -0.25) is 14.4 Å². The molecule has 2 fully saturated rings. The van der Waals surface area contributed by atoms with Gasteiger partial charge in [0.2, 0.25) is 11.8 Å². The molecule has 2 heterocycles. The molecule has 10 nitrogen and oxygen atoms in total. The highest BCUT2D eigenvalue weighted by atomic mass is 79.9. The van der Waals surface area contributed by atoms with E-state index >= 15 is 0 Å². The molecule has 0 atom stereocenters. The number of rotatable bonds is 6. The summed E-state index contributed by atoms with van der Waals surface area (Å²) >= 11 is 4.62. The van der Waals surface area contributed by atoms with Gasteiger partial charge >= 0.3 is 6.09 Å². The Kier molecular flexibility index (Phi) is 8.70. The minimum Gasteiger partial charge on any atom is -0.496 e. The number of benzene rings is 1. The summed E-state index contributed by atoms with van der Waals surface area (Å²) in [5.74, 6) is -0.616. The number of piperazine rings is 1. The lowest BCUT2D eigenvalue weighted by Gasteiger charge is -2.32. The first-order chi connectivity index (χ1) is 17.8. The van der Waals surface area contributed by atoms with Gasteiger partial charge < -0.3 is 30.3 Å². The van der Waals surface area contributed by atoms with Crippen molar-refractivity contribution in [3.8, 4) is 10.8 Å². The number of hydrogen-bond donors (Lipinski definition) is 3. The van der Waals surface area contributed by atoms with Crippen LogP contribution >= 0.6 is 27.3 Å². The van der Waals surface area contributed by atoms with Crippen LogP contribution in [0.15, 0.2) is 34.1 Å². The largest absolute Gasteiger partial charge is 0.496 e. The molecule has 0 unspecified atom stereocenters. The van der Waals surface area contributed by atoms with Gasteiger partial charge in [0.1, 0.15) is 11.3 Å². The number of methoxy groups -OCH3 is 1. The number of amides is 4. The highest BCUT2D eigenvalue weighted by Gasteiger charge is 2.41. The predicted molar refractivity (Wildman–Crippen MR) is 142 cm³/mol. The van der Waals surface area contributed by atoms with Crippen molar-refractivity contribution < 1.29 is 28.7 Å². The molecule has 1 aliphatic heterocycles. The van der Waals surface area contributed by atoms with Crippen LogP contribution in [0.1, 0.15) is 48.9 Å². The lowest BCUT2D eigenvalue weighted by Crippen LogP contribution is -2.57. The van der Waals surface area contributed by atoms with E-state index in [4.69, 9.17) is 9.47 Å². The SMILES string of the molecule is COc1cc(NC(=O)C2(NC(=O)Oc3ccc(Br)s3)CCCCCC2)ccc1C(=O)N1CCNC(=O)C1. The molecule has 0 radical (unpaired) electrons.